The molecule has 0 saturated heterocycles. The Labute approximate surface area is 129 Å². The van der Waals surface area contributed by atoms with Crippen LogP contribution in [0, 0.1) is 12.8 Å². The summed E-state index contributed by atoms with van der Waals surface area (Å²) in [5.74, 6) is 1.22. The first-order chi connectivity index (χ1) is 9.92. The van der Waals surface area contributed by atoms with Crippen LogP contribution in [-0.4, -0.2) is 23.2 Å². The van der Waals surface area contributed by atoms with Crippen LogP contribution in [0.15, 0.2) is 6.07 Å². The third-order valence-electron chi connectivity index (χ3n) is 3.78. The van der Waals surface area contributed by atoms with E-state index < -0.39 is 0 Å². The maximum Gasteiger partial charge on any atom is 0.230 e. The molecule has 21 heavy (non-hydrogen) atoms. The molecule has 0 fully saturated rings. The molecule has 0 radical (unpaired) electrons. The lowest BCUT2D eigenvalue weighted by atomic mass is 9.90. The fourth-order valence-electron chi connectivity index (χ4n) is 2.71. The van der Waals surface area contributed by atoms with Crippen LogP contribution in [0.2, 0.25) is 0 Å². The Morgan fingerprint density at radius 2 is 1.76 bits per heavy atom. The summed E-state index contributed by atoms with van der Waals surface area (Å²) < 4.78 is 0. The van der Waals surface area contributed by atoms with Crippen molar-refractivity contribution in [2.45, 2.75) is 66.2 Å². The first-order valence-corrected chi connectivity index (χ1v) is 8.04. The van der Waals surface area contributed by atoms with Crippen molar-refractivity contribution in [2.24, 2.45) is 5.92 Å². The zero-order valence-electron chi connectivity index (χ0n) is 14.3. The molecular formula is C17H29N3O. The Morgan fingerprint density at radius 1 is 1.19 bits per heavy atom. The van der Waals surface area contributed by atoms with Crippen molar-refractivity contribution in [1.29, 1.82) is 0 Å². The van der Waals surface area contributed by atoms with Crippen molar-refractivity contribution in [3.8, 4) is 0 Å². The van der Waals surface area contributed by atoms with Crippen molar-refractivity contribution >= 4 is 11.7 Å². The molecule has 0 aliphatic heterocycles. The topological polar surface area (TPSA) is 46.1 Å². The van der Waals surface area contributed by atoms with E-state index in [0.29, 0.717) is 5.92 Å². The Bertz CT molecular complexity index is 465. The minimum absolute atomic E-state index is 0.0400. The number of anilines is 1. The molecular weight excluding hydrogens is 262 g/mol. The summed E-state index contributed by atoms with van der Waals surface area (Å²) in [4.78, 5) is 13.9. The lowest BCUT2D eigenvalue weighted by Crippen LogP contribution is -2.32. The molecule has 0 atom stereocenters. The van der Waals surface area contributed by atoms with E-state index >= 15 is 0 Å². The van der Waals surface area contributed by atoms with E-state index in [0.717, 1.165) is 37.2 Å². The summed E-state index contributed by atoms with van der Waals surface area (Å²) in [5.41, 5.74) is 2.08. The molecule has 1 aromatic rings. The summed E-state index contributed by atoms with van der Waals surface area (Å²) in [7, 11) is 1.81. The lowest BCUT2D eigenvalue weighted by Gasteiger charge is -2.25. The molecule has 1 heterocycles. The monoisotopic (exact) mass is 291 g/mol. The van der Waals surface area contributed by atoms with Gasteiger partial charge in [0.2, 0.25) is 5.91 Å². The van der Waals surface area contributed by atoms with E-state index in [1.54, 1.807) is 11.9 Å². The standard InChI is InChI=1S/C17H29N3O/c1-7-9-14(10-8-2)15-11-13(5)18-19-16(15)20(6)17(21)12(3)4/h11-12,14H,7-10H2,1-6H3. The van der Waals surface area contributed by atoms with Gasteiger partial charge in [-0.3, -0.25) is 9.69 Å². The number of carbonyl (C=O) groups is 1. The predicted octanol–water partition coefficient (Wildman–Crippen LogP) is 4.09. The predicted molar refractivity (Wildman–Crippen MR) is 87.6 cm³/mol. The van der Waals surface area contributed by atoms with Gasteiger partial charge in [-0.25, -0.2) is 0 Å². The first-order valence-electron chi connectivity index (χ1n) is 8.04. The lowest BCUT2D eigenvalue weighted by molar-refractivity contribution is -0.121. The van der Waals surface area contributed by atoms with E-state index in [9.17, 15) is 4.79 Å². The number of hydrogen-bond acceptors (Lipinski definition) is 3. The molecule has 0 saturated carbocycles. The molecule has 0 unspecified atom stereocenters. The molecule has 0 N–H and O–H groups in total. The highest BCUT2D eigenvalue weighted by Crippen LogP contribution is 2.32. The van der Waals surface area contributed by atoms with E-state index in [4.69, 9.17) is 0 Å². The maximum absolute atomic E-state index is 12.3. The van der Waals surface area contributed by atoms with Crippen molar-refractivity contribution in [3.05, 3.63) is 17.3 Å². The van der Waals surface area contributed by atoms with Crippen LogP contribution in [0.4, 0.5) is 5.82 Å². The third kappa shape index (κ3) is 4.51. The van der Waals surface area contributed by atoms with Gasteiger partial charge in [-0.2, -0.15) is 5.10 Å². The fraction of sp³-hybridized carbons (Fsp3) is 0.706. The van der Waals surface area contributed by atoms with Gasteiger partial charge >= 0.3 is 0 Å². The second-order valence-corrected chi connectivity index (χ2v) is 6.09. The minimum Gasteiger partial charge on any atom is -0.298 e. The van der Waals surface area contributed by atoms with Crippen LogP contribution in [-0.2, 0) is 4.79 Å². The summed E-state index contributed by atoms with van der Waals surface area (Å²) in [5, 5.41) is 8.48. The van der Waals surface area contributed by atoms with Crippen molar-refractivity contribution in [3.63, 3.8) is 0 Å². The molecule has 4 nitrogen and oxygen atoms in total. The van der Waals surface area contributed by atoms with Crippen LogP contribution >= 0.6 is 0 Å². The quantitative estimate of drug-likeness (QED) is 0.760. The number of hydrogen-bond donors (Lipinski definition) is 0. The van der Waals surface area contributed by atoms with Crippen LogP contribution in [0.1, 0.15) is 70.6 Å². The molecule has 4 heteroatoms. The Balaban J connectivity index is 3.22. The van der Waals surface area contributed by atoms with Gasteiger partial charge in [-0.1, -0.05) is 40.5 Å². The van der Waals surface area contributed by atoms with Crippen LogP contribution in [0.3, 0.4) is 0 Å². The number of carbonyl (C=O) groups excluding carboxylic acids is 1. The molecule has 0 aliphatic carbocycles. The van der Waals surface area contributed by atoms with E-state index in [1.165, 1.54) is 5.56 Å². The van der Waals surface area contributed by atoms with Gasteiger partial charge in [0.25, 0.3) is 0 Å². The van der Waals surface area contributed by atoms with Crippen molar-refractivity contribution in [2.75, 3.05) is 11.9 Å². The smallest absolute Gasteiger partial charge is 0.230 e. The summed E-state index contributed by atoms with van der Waals surface area (Å²) in [6.07, 6.45) is 4.51. The second-order valence-electron chi connectivity index (χ2n) is 6.09. The number of aryl methyl sites for hydroxylation is 1. The van der Waals surface area contributed by atoms with Gasteiger partial charge in [-0.05, 0) is 31.7 Å². The number of nitrogens with zero attached hydrogens (tertiary/aromatic N) is 3. The molecule has 0 aromatic carbocycles. The van der Waals surface area contributed by atoms with Crippen LogP contribution in [0.5, 0.6) is 0 Å². The number of aromatic nitrogens is 2. The Morgan fingerprint density at radius 3 is 2.24 bits per heavy atom. The van der Waals surface area contributed by atoms with Gasteiger partial charge in [0, 0.05) is 18.5 Å². The van der Waals surface area contributed by atoms with Crippen molar-refractivity contribution in [1.82, 2.24) is 10.2 Å². The summed E-state index contributed by atoms with van der Waals surface area (Å²) >= 11 is 0. The molecule has 0 spiro atoms. The van der Waals surface area contributed by atoms with Gasteiger partial charge in [0.1, 0.15) is 0 Å². The van der Waals surface area contributed by atoms with Crippen LogP contribution in [0.25, 0.3) is 0 Å². The van der Waals surface area contributed by atoms with Gasteiger partial charge in [0.05, 0.1) is 5.69 Å². The van der Waals surface area contributed by atoms with E-state index in [2.05, 4.69) is 30.1 Å². The molecule has 1 amide bonds. The highest BCUT2D eigenvalue weighted by Gasteiger charge is 2.23. The highest BCUT2D eigenvalue weighted by atomic mass is 16.2. The zero-order chi connectivity index (χ0) is 16.0. The Kier molecular flexibility index (Phi) is 6.79. The first kappa shape index (κ1) is 17.6. The van der Waals surface area contributed by atoms with Gasteiger partial charge in [0.15, 0.2) is 5.82 Å². The second kappa shape index (κ2) is 8.11. The van der Waals surface area contributed by atoms with Crippen LogP contribution < -0.4 is 4.90 Å². The zero-order valence-corrected chi connectivity index (χ0v) is 14.3. The normalized spacial score (nSPS) is 11.2. The van der Waals surface area contributed by atoms with E-state index in [-0.39, 0.29) is 11.8 Å². The maximum atomic E-state index is 12.3. The average Bonchev–Trinajstić information content (AvgIpc) is 2.45. The SMILES string of the molecule is CCCC(CCC)c1cc(C)nnc1N(C)C(=O)C(C)C. The molecule has 0 aliphatic rings. The fourth-order valence-corrected chi connectivity index (χ4v) is 2.71. The number of amides is 1. The van der Waals surface area contributed by atoms with Gasteiger partial charge in [-0.15, -0.1) is 5.10 Å². The molecule has 1 aromatic heterocycles. The summed E-state index contributed by atoms with van der Waals surface area (Å²) in [6, 6.07) is 2.10. The minimum atomic E-state index is -0.0400. The highest BCUT2D eigenvalue weighted by molar-refractivity contribution is 5.93. The number of rotatable bonds is 7. The molecule has 1 rings (SSSR count). The largest absolute Gasteiger partial charge is 0.298 e. The Hall–Kier alpha value is -1.45. The third-order valence-corrected chi connectivity index (χ3v) is 3.78. The molecule has 118 valence electrons. The summed E-state index contributed by atoms with van der Waals surface area (Å²) in [6.45, 7) is 10.2. The average molecular weight is 291 g/mol. The van der Waals surface area contributed by atoms with Crippen molar-refractivity contribution < 1.29 is 4.79 Å². The van der Waals surface area contributed by atoms with Gasteiger partial charge < -0.3 is 0 Å². The molecule has 0 bridgehead atoms. The van der Waals surface area contributed by atoms with E-state index in [1.807, 2.05) is 20.8 Å².